The molecule has 0 radical (unpaired) electrons. The highest BCUT2D eigenvalue weighted by Gasteiger charge is 2.54. The molecule has 0 aromatic heterocycles. The van der Waals surface area contributed by atoms with Crippen LogP contribution in [0, 0.1) is 0 Å². The highest BCUT2D eigenvalue weighted by Crippen LogP contribution is 2.34. The standard InChI is InChI=1S/C23H45N5O14/c24-2-7-13(32)15(34)10(27)21(37-7)41-19-9(4-30)39-23(17(19)36)42-20-12(31)5(25)1-6(26)18(20)40-22-11(28)16(35)14(33)8(3-29)38-22/h5-23,29-36H,1-4,24-28H2/t5?,6?,7?,8?,9-,10?,11?,12?,13?,14?,15?,16?,17?,18?,19?,20?,21?,22?,23+/m1/s1. The van der Waals surface area contributed by atoms with Gasteiger partial charge in [0.05, 0.1) is 31.4 Å². The molecule has 17 unspecified atom stereocenters. The van der Waals surface area contributed by atoms with E-state index in [4.69, 9.17) is 57.1 Å². The van der Waals surface area contributed by atoms with Crippen LogP contribution in [0.5, 0.6) is 0 Å². The molecule has 19 atom stereocenters. The summed E-state index contributed by atoms with van der Waals surface area (Å²) in [6, 6.07) is -4.30. The van der Waals surface area contributed by atoms with Gasteiger partial charge in [-0.3, -0.25) is 0 Å². The Morgan fingerprint density at radius 1 is 0.524 bits per heavy atom. The molecule has 3 saturated heterocycles. The summed E-state index contributed by atoms with van der Waals surface area (Å²) in [7, 11) is 0. The van der Waals surface area contributed by atoms with Gasteiger partial charge in [-0.1, -0.05) is 0 Å². The van der Waals surface area contributed by atoms with E-state index < -0.39 is 129 Å². The van der Waals surface area contributed by atoms with Crippen LogP contribution in [-0.2, 0) is 28.4 Å². The quantitative estimate of drug-likeness (QED) is 0.114. The first-order valence-corrected chi connectivity index (χ1v) is 13.8. The van der Waals surface area contributed by atoms with E-state index in [2.05, 4.69) is 0 Å². The van der Waals surface area contributed by atoms with E-state index in [1.54, 1.807) is 0 Å². The summed E-state index contributed by atoms with van der Waals surface area (Å²) < 4.78 is 34.4. The topological polar surface area (TPSA) is 347 Å². The maximum atomic E-state index is 11.1. The summed E-state index contributed by atoms with van der Waals surface area (Å²) in [4.78, 5) is 0. The maximum Gasteiger partial charge on any atom is 0.187 e. The van der Waals surface area contributed by atoms with Crippen LogP contribution in [0.1, 0.15) is 6.42 Å². The molecule has 19 nitrogen and oxygen atoms in total. The Morgan fingerprint density at radius 3 is 1.55 bits per heavy atom. The largest absolute Gasteiger partial charge is 0.394 e. The fraction of sp³-hybridized carbons (Fsp3) is 1.00. The summed E-state index contributed by atoms with van der Waals surface area (Å²) in [5.41, 5.74) is 29.9. The summed E-state index contributed by atoms with van der Waals surface area (Å²) in [6.45, 7) is -1.49. The van der Waals surface area contributed by atoms with Gasteiger partial charge in [0.25, 0.3) is 0 Å². The zero-order valence-electron chi connectivity index (χ0n) is 22.7. The minimum atomic E-state index is -1.62. The molecular formula is C23H45N5O14. The molecule has 19 heteroatoms. The van der Waals surface area contributed by atoms with Crippen LogP contribution in [0.2, 0.25) is 0 Å². The highest BCUT2D eigenvalue weighted by atomic mass is 16.8. The second kappa shape index (κ2) is 14.1. The van der Waals surface area contributed by atoms with Crippen molar-refractivity contribution in [3.05, 3.63) is 0 Å². The maximum absolute atomic E-state index is 11.1. The summed E-state index contributed by atoms with van der Waals surface area (Å²) in [6.07, 6.45) is -20.5. The third kappa shape index (κ3) is 6.60. The third-order valence-corrected chi connectivity index (χ3v) is 8.32. The van der Waals surface area contributed by atoms with Crippen molar-refractivity contribution in [1.29, 1.82) is 0 Å². The number of rotatable bonds is 9. The lowest BCUT2D eigenvalue weighted by atomic mass is 9.84. The van der Waals surface area contributed by atoms with E-state index in [1.165, 1.54) is 0 Å². The SMILES string of the molecule is NCC1OC(OC2C(O)[C@H](OC3C(O)C(N)CC(N)C3OC3OC(CO)C(O)C(O)C3N)O[C@@H]2CO)C(N)C(O)C1O. The zero-order chi connectivity index (χ0) is 31.0. The molecule has 1 saturated carbocycles. The van der Waals surface area contributed by atoms with Crippen molar-refractivity contribution >= 4 is 0 Å². The summed E-state index contributed by atoms with van der Waals surface area (Å²) in [5.74, 6) is 0. The number of hydrogen-bond acceptors (Lipinski definition) is 19. The Labute approximate surface area is 240 Å². The smallest absolute Gasteiger partial charge is 0.187 e. The molecule has 0 spiro atoms. The lowest BCUT2D eigenvalue weighted by molar-refractivity contribution is -0.310. The molecule has 3 aliphatic heterocycles. The van der Waals surface area contributed by atoms with E-state index in [-0.39, 0.29) is 13.0 Å². The lowest BCUT2D eigenvalue weighted by Gasteiger charge is -2.47. The molecule has 3 heterocycles. The van der Waals surface area contributed by atoms with E-state index >= 15 is 0 Å². The number of hydrogen-bond donors (Lipinski definition) is 13. The minimum Gasteiger partial charge on any atom is -0.394 e. The van der Waals surface area contributed by atoms with E-state index in [9.17, 15) is 40.9 Å². The van der Waals surface area contributed by atoms with Gasteiger partial charge in [0.1, 0.15) is 67.1 Å². The van der Waals surface area contributed by atoms with Gasteiger partial charge in [0.15, 0.2) is 18.9 Å². The van der Waals surface area contributed by atoms with E-state index in [0.717, 1.165) is 0 Å². The van der Waals surface area contributed by atoms with Gasteiger partial charge in [0, 0.05) is 18.6 Å². The second-order valence-electron chi connectivity index (χ2n) is 11.2. The van der Waals surface area contributed by atoms with Crippen LogP contribution >= 0.6 is 0 Å². The Morgan fingerprint density at radius 2 is 1.00 bits per heavy atom. The molecule has 4 aliphatic rings. The van der Waals surface area contributed by atoms with Crippen molar-refractivity contribution in [2.24, 2.45) is 28.7 Å². The first kappa shape index (κ1) is 34.1. The van der Waals surface area contributed by atoms with Crippen molar-refractivity contribution in [1.82, 2.24) is 0 Å². The lowest BCUT2D eigenvalue weighted by Crippen LogP contribution is -2.68. The minimum absolute atomic E-state index is 0.0642. The van der Waals surface area contributed by atoms with Gasteiger partial charge in [-0.15, -0.1) is 0 Å². The van der Waals surface area contributed by atoms with Crippen LogP contribution in [0.4, 0.5) is 0 Å². The number of aliphatic hydroxyl groups is 8. The fourth-order valence-corrected chi connectivity index (χ4v) is 5.70. The fourth-order valence-electron chi connectivity index (χ4n) is 5.70. The normalized spacial score (nSPS) is 53.8. The van der Waals surface area contributed by atoms with Gasteiger partial charge >= 0.3 is 0 Å². The van der Waals surface area contributed by atoms with Gasteiger partial charge in [-0.05, 0) is 6.42 Å². The van der Waals surface area contributed by atoms with Gasteiger partial charge < -0.3 is 97.9 Å². The second-order valence-corrected chi connectivity index (χ2v) is 11.2. The van der Waals surface area contributed by atoms with Crippen molar-refractivity contribution in [2.45, 2.75) is 123 Å². The van der Waals surface area contributed by atoms with Crippen LogP contribution in [0.3, 0.4) is 0 Å². The summed E-state index contributed by atoms with van der Waals surface area (Å²) >= 11 is 0. The molecule has 42 heavy (non-hydrogen) atoms. The first-order chi connectivity index (χ1) is 19.8. The Hall–Kier alpha value is -0.760. The average Bonchev–Trinajstić information content (AvgIpc) is 3.27. The third-order valence-electron chi connectivity index (χ3n) is 8.32. The monoisotopic (exact) mass is 615 g/mol. The van der Waals surface area contributed by atoms with Gasteiger partial charge in [-0.25, -0.2) is 0 Å². The van der Waals surface area contributed by atoms with Crippen molar-refractivity contribution < 1.29 is 69.3 Å². The van der Waals surface area contributed by atoms with Gasteiger partial charge in [-0.2, -0.15) is 0 Å². The molecule has 18 N–H and O–H groups in total. The van der Waals surface area contributed by atoms with Crippen LogP contribution < -0.4 is 28.7 Å². The predicted molar refractivity (Wildman–Crippen MR) is 136 cm³/mol. The van der Waals surface area contributed by atoms with Crippen molar-refractivity contribution in [3.8, 4) is 0 Å². The molecule has 1 aliphatic carbocycles. The molecule has 4 rings (SSSR count). The molecule has 0 amide bonds. The average molecular weight is 616 g/mol. The molecule has 0 bridgehead atoms. The van der Waals surface area contributed by atoms with Gasteiger partial charge in [0.2, 0.25) is 0 Å². The molecular weight excluding hydrogens is 570 g/mol. The number of ether oxygens (including phenoxy) is 6. The van der Waals surface area contributed by atoms with Crippen molar-refractivity contribution in [3.63, 3.8) is 0 Å². The van der Waals surface area contributed by atoms with E-state index in [1.807, 2.05) is 0 Å². The molecule has 0 aromatic rings. The number of aliphatic hydroxyl groups excluding tert-OH is 8. The molecule has 4 fully saturated rings. The molecule has 0 aromatic carbocycles. The zero-order valence-corrected chi connectivity index (χ0v) is 22.7. The highest BCUT2D eigenvalue weighted by molar-refractivity contribution is 5.02. The Kier molecular flexibility index (Phi) is 11.5. The van der Waals surface area contributed by atoms with Crippen LogP contribution in [0.25, 0.3) is 0 Å². The Balaban J connectivity index is 1.50. The number of nitrogens with two attached hydrogens (primary N) is 5. The first-order valence-electron chi connectivity index (χ1n) is 13.8. The van der Waals surface area contributed by atoms with E-state index in [0.29, 0.717) is 0 Å². The Bertz CT molecular complexity index is 866. The van der Waals surface area contributed by atoms with Crippen LogP contribution in [0.15, 0.2) is 0 Å². The molecule has 246 valence electrons. The predicted octanol–water partition coefficient (Wildman–Crippen LogP) is -8.86. The summed E-state index contributed by atoms with van der Waals surface area (Å²) in [5, 5.41) is 82.3. The van der Waals surface area contributed by atoms with Crippen molar-refractivity contribution in [2.75, 3.05) is 19.8 Å². The van der Waals surface area contributed by atoms with Crippen LogP contribution in [-0.4, -0.2) is 177 Å².